The number of amides is 1. The van der Waals surface area contributed by atoms with E-state index < -0.39 is 7.12 Å². The monoisotopic (exact) mass is 326 g/mol. The molecule has 23 heavy (non-hydrogen) atoms. The maximum absolute atomic E-state index is 11.9. The Hall–Kier alpha value is -1.40. The summed E-state index contributed by atoms with van der Waals surface area (Å²) in [6.07, 6.45) is 1.58. The molecule has 134 valence electrons. The number of hydrogen-bond donors (Lipinski definition) is 1. The summed E-state index contributed by atoms with van der Waals surface area (Å²) in [5.41, 5.74) is 1.48. The lowest BCUT2D eigenvalue weighted by molar-refractivity contribution is -0.121. The molecule has 0 atom stereocenters. The lowest BCUT2D eigenvalue weighted by Crippen LogP contribution is -2.34. The average molecular weight is 326 g/mol. The van der Waals surface area contributed by atoms with Crippen molar-refractivity contribution in [3.05, 3.63) is 17.8 Å². The van der Waals surface area contributed by atoms with Crippen LogP contribution in [0.25, 0.3) is 0 Å². The number of pyridine rings is 1. The second-order valence-electron chi connectivity index (χ2n) is 4.42. The maximum Gasteiger partial charge on any atom is 0.491 e. The van der Waals surface area contributed by atoms with Gasteiger partial charge < -0.3 is 9.68 Å². The molecule has 1 aromatic heterocycles. The number of fused-ring (bicyclic) bond motifs is 1. The number of rotatable bonds is 2. The molecule has 0 spiro atoms. The fourth-order valence-electron chi connectivity index (χ4n) is 1.91. The third-order valence-electron chi connectivity index (χ3n) is 2.86. The van der Waals surface area contributed by atoms with Gasteiger partial charge in [0, 0.05) is 24.7 Å². The summed E-state index contributed by atoms with van der Waals surface area (Å²) in [7, 11) is 0.782. The van der Waals surface area contributed by atoms with E-state index in [4.69, 9.17) is 4.65 Å². The second-order valence-corrected chi connectivity index (χ2v) is 4.42. The van der Waals surface area contributed by atoms with Gasteiger partial charge in [0.25, 0.3) is 0 Å². The zero-order valence-corrected chi connectivity index (χ0v) is 14.2. The van der Waals surface area contributed by atoms with Gasteiger partial charge >= 0.3 is 7.12 Å². The SMILES string of the molecule is C.C.CC.CC.CC(C)C(=O)N(C)c1nccc2c1COB2O. The Kier molecular flexibility index (Phi) is 15.1. The standard InChI is InChI=1S/C11H15BN2O3.2C2H6.2CH4/c1-7(2)11(15)14(3)10-8-6-17-12(16)9(8)4-5-13-10;2*1-2;;/h4-5,7,16H,6H2,1-3H3;2*1-2H3;2*1H4. The van der Waals surface area contributed by atoms with E-state index in [0.29, 0.717) is 11.3 Å². The van der Waals surface area contributed by atoms with E-state index in [1.165, 1.54) is 4.90 Å². The predicted molar refractivity (Wildman–Crippen MR) is 101 cm³/mol. The van der Waals surface area contributed by atoms with Gasteiger partial charge in [-0.15, -0.1) is 0 Å². The Morgan fingerprint density at radius 1 is 1.30 bits per heavy atom. The highest BCUT2D eigenvalue weighted by atomic mass is 16.5. The summed E-state index contributed by atoms with van der Waals surface area (Å²) in [6, 6.07) is 1.71. The Balaban J connectivity index is -0.000000619. The summed E-state index contributed by atoms with van der Waals surface area (Å²) in [5.74, 6) is 0.468. The molecule has 1 amide bonds. The minimum Gasteiger partial charge on any atom is -0.423 e. The van der Waals surface area contributed by atoms with E-state index in [2.05, 4.69) is 4.98 Å². The molecule has 1 N–H and O–H groups in total. The molecular formula is C17H35BN2O3. The molecule has 1 aliphatic rings. The van der Waals surface area contributed by atoms with Crippen molar-refractivity contribution >= 4 is 24.3 Å². The van der Waals surface area contributed by atoms with Crippen LogP contribution in [0.1, 0.15) is 62.0 Å². The molecule has 2 rings (SSSR count). The minimum absolute atomic E-state index is 0. The molecular weight excluding hydrogens is 291 g/mol. The van der Waals surface area contributed by atoms with Gasteiger partial charge in [-0.2, -0.15) is 0 Å². The van der Waals surface area contributed by atoms with Crippen LogP contribution in [0, 0.1) is 5.92 Å². The molecule has 0 aromatic carbocycles. The smallest absolute Gasteiger partial charge is 0.423 e. The van der Waals surface area contributed by atoms with Crippen molar-refractivity contribution in [1.82, 2.24) is 4.98 Å². The van der Waals surface area contributed by atoms with Gasteiger partial charge in [0.1, 0.15) is 5.82 Å². The van der Waals surface area contributed by atoms with E-state index in [1.807, 2.05) is 41.5 Å². The highest BCUT2D eigenvalue weighted by molar-refractivity contribution is 6.61. The Labute approximate surface area is 143 Å². The lowest BCUT2D eigenvalue weighted by Gasteiger charge is -2.20. The van der Waals surface area contributed by atoms with Gasteiger partial charge in [-0.05, 0) is 11.5 Å². The quantitative estimate of drug-likeness (QED) is 0.848. The molecule has 0 fully saturated rings. The maximum atomic E-state index is 11.9. The van der Waals surface area contributed by atoms with Gasteiger partial charge in [0.2, 0.25) is 5.91 Å². The summed E-state index contributed by atoms with van der Waals surface area (Å²) >= 11 is 0. The van der Waals surface area contributed by atoms with Crippen LogP contribution < -0.4 is 10.4 Å². The summed E-state index contributed by atoms with van der Waals surface area (Å²) in [6.45, 7) is 12.0. The first-order valence-electron chi connectivity index (χ1n) is 7.57. The van der Waals surface area contributed by atoms with Crippen LogP contribution in [-0.4, -0.2) is 30.1 Å². The molecule has 6 heteroatoms. The van der Waals surface area contributed by atoms with Crippen LogP contribution in [0.2, 0.25) is 0 Å². The highest BCUT2D eigenvalue weighted by Gasteiger charge is 2.31. The fourth-order valence-corrected chi connectivity index (χ4v) is 1.91. The van der Waals surface area contributed by atoms with Gasteiger partial charge in [0.15, 0.2) is 0 Å². The van der Waals surface area contributed by atoms with Gasteiger partial charge in [-0.1, -0.05) is 56.4 Å². The molecule has 1 aromatic rings. The van der Waals surface area contributed by atoms with E-state index in [9.17, 15) is 9.82 Å². The third kappa shape index (κ3) is 6.32. The molecule has 0 saturated heterocycles. The van der Waals surface area contributed by atoms with Crippen molar-refractivity contribution < 1.29 is 14.5 Å². The summed E-state index contributed by atoms with van der Waals surface area (Å²) < 4.78 is 5.13. The fraction of sp³-hybridized carbons (Fsp3) is 0.647. The Bertz CT molecular complexity index is 453. The Morgan fingerprint density at radius 3 is 2.30 bits per heavy atom. The molecule has 0 saturated carbocycles. The average Bonchev–Trinajstić information content (AvgIpc) is 2.91. The number of carbonyl (C=O) groups is 1. The van der Waals surface area contributed by atoms with E-state index >= 15 is 0 Å². The first kappa shape index (κ1) is 26.5. The molecule has 0 aliphatic carbocycles. The molecule has 5 nitrogen and oxygen atoms in total. The van der Waals surface area contributed by atoms with Gasteiger partial charge in [-0.25, -0.2) is 4.98 Å². The molecule has 1 aliphatic heterocycles. The first-order chi connectivity index (χ1) is 10.0. The van der Waals surface area contributed by atoms with Crippen LogP contribution in [-0.2, 0) is 16.1 Å². The summed E-state index contributed by atoms with van der Waals surface area (Å²) in [5, 5.41) is 9.58. The van der Waals surface area contributed by atoms with Crippen molar-refractivity contribution in [2.75, 3.05) is 11.9 Å². The lowest BCUT2D eigenvalue weighted by atomic mass is 9.80. The van der Waals surface area contributed by atoms with Crippen LogP contribution >= 0.6 is 0 Å². The van der Waals surface area contributed by atoms with Crippen LogP contribution in [0.15, 0.2) is 12.3 Å². The van der Waals surface area contributed by atoms with Crippen molar-refractivity contribution in [2.45, 2.75) is 63.0 Å². The molecule has 0 radical (unpaired) electrons. The van der Waals surface area contributed by atoms with Crippen molar-refractivity contribution in [3.63, 3.8) is 0 Å². The van der Waals surface area contributed by atoms with E-state index in [1.54, 1.807) is 19.3 Å². The predicted octanol–water partition coefficient (Wildman–Crippen LogP) is 3.24. The normalized spacial score (nSPS) is 10.9. The van der Waals surface area contributed by atoms with Crippen molar-refractivity contribution in [3.8, 4) is 0 Å². The number of aromatic nitrogens is 1. The largest absolute Gasteiger partial charge is 0.491 e. The number of anilines is 1. The first-order valence-corrected chi connectivity index (χ1v) is 7.57. The number of hydrogen-bond acceptors (Lipinski definition) is 4. The number of carbonyl (C=O) groups excluding carboxylic acids is 1. The van der Waals surface area contributed by atoms with E-state index in [0.717, 1.165) is 5.56 Å². The molecule has 0 bridgehead atoms. The highest BCUT2D eigenvalue weighted by Crippen LogP contribution is 2.21. The van der Waals surface area contributed by atoms with Gasteiger partial charge in [0.05, 0.1) is 6.61 Å². The van der Waals surface area contributed by atoms with E-state index in [-0.39, 0.29) is 33.3 Å². The van der Waals surface area contributed by atoms with Crippen LogP contribution in [0.5, 0.6) is 0 Å². The van der Waals surface area contributed by atoms with Crippen molar-refractivity contribution in [1.29, 1.82) is 0 Å². The zero-order chi connectivity index (χ0) is 16.6. The molecule has 2 heterocycles. The van der Waals surface area contributed by atoms with Crippen molar-refractivity contribution in [2.24, 2.45) is 5.92 Å². The third-order valence-corrected chi connectivity index (χ3v) is 2.86. The summed E-state index contributed by atoms with van der Waals surface area (Å²) in [4.78, 5) is 17.6. The second kappa shape index (κ2) is 13.1. The topological polar surface area (TPSA) is 62.7 Å². The van der Waals surface area contributed by atoms with Gasteiger partial charge in [-0.3, -0.25) is 9.69 Å². The number of nitrogens with zero attached hydrogens (tertiary/aromatic N) is 2. The molecule has 0 unspecified atom stereocenters. The minimum atomic E-state index is -0.908. The van der Waals surface area contributed by atoms with Crippen LogP contribution in [0.4, 0.5) is 5.82 Å². The Morgan fingerprint density at radius 2 is 1.83 bits per heavy atom. The zero-order valence-electron chi connectivity index (χ0n) is 14.2. The van der Waals surface area contributed by atoms with Crippen LogP contribution in [0.3, 0.4) is 0 Å².